The fourth-order valence-electron chi connectivity index (χ4n) is 4.76. The molecule has 0 aliphatic rings. The predicted octanol–water partition coefficient (Wildman–Crippen LogP) is 6.17. The topological polar surface area (TPSA) is 21.2 Å². The zero-order chi connectivity index (χ0) is 20.4. The average Bonchev–Trinajstić information content (AvgIpc) is 3.00. The molecule has 0 atom stereocenters. The molecule has 0 spiro atoms. The van der Waals surface area contributed by atoms with E-state index in [-0.39, 0.29) is 0 Å². The molecule has 2 aromatic carbocycles. The first kappa shape index (κ1) is 18.1. The van der Waals surface area contributed by atoms with E-state index in [2.05, 4.69) is 99.2 Å². The minimum Gasteiger partial charge on any atom is -0.251 e. The molecule has 0 aliphatic heterocycles. The lowest BCUT2D eigenvalue weighted by Gasteiger charge is -2.14. The zero-order valence-corrected chi connectivity index (χ0v) is 18.1. The van der Waals surface area contributed by atoms with Crippen LogP contribution in [0.1, 0.15) is 56.4 Å². The molecule has 0 aliphatic carbocycles. The number of rotatable bonds is 2. The molecular formula is C26H28N3+. The first-order valence-electron chi connectivity index (χ1n) is 10.5. The Balaban J connectivity index is 2.20. The molecule has 0 radical (unpaired) electrons. The van der Waals surface area contributed by atoms with E-state index in [1.54, 1.807) is 0 Å². The third kappa shape index (κ3) is 2.43. The molecule has 0 fully saturated rings. The highest BCUT2D eigenvalue weighted by molar-refractivity contribution is 6.12. The molecule has 3 nitrogen and oxygen atoms in total. The molecule has 0 unspecified atom stereocenters. The summed E-state index contributed by atoms with van der Waals surface area (Å²) in [5, 5.41) is 2.49. The molecule has 0 bridgehead atoms. The van der Waals surface area contributed by atoms with Gasteiger partial charge in [0.2, 0.25) is 0 Å². The highest BCUT2D eigenvalue weighted by atomic mass is 15.1. The zero-order valence-electron chi connectivity index (χ0n) is 18.1. The number of pyridine rings is 2. The van der Waals surface area contributed by atoms with Crippen molar-refractivity contribution in [1.82, 2.24) is 9.38 Å². The Hall–Kier alpha value is -2.94. The van der Waals surface area contributed by atoms with Gasteiger partial charge in [0.15, 0.2) is 11.0 Å². The number of benzene rings is 2. The van der Waals surface area contributed by atoms with Gasteiger partial charge >= 0.3 is 0 Å². The smallest absolute Gasteiger partial charge is 0.251 e. The maximum absolute atomic E-state index is 5.20. The van der Waals surface area contributed by atoms with E-state index in [0.717, 1.165) is 11.2 Å². The fourth-order valence-corrected chi connectivity index (χ4v) is 4.76. The third-order valence-electron chi connectivity index (χ3n) is 6.23. The van der Waals surface area contributed by atoms with Crippen LogP contribution >= 0.6 is 0 Å². The van der Waals surface area contributed by atoms with Crippen LogP contribution in [0.4, 0.5) is 0 Å². The highest BCUT2D eigenvalue weighted by Crippen LogP contribution is 2.36. The Morgan fingerprint density at radius 3 is 2.41 bits per heavy atom. The van der Waals surface area contributed by atoms with Crippen LogP contribution in [-0.4, -0.2) is 9.38 Å². The van der Waals surface area contributed by atoms with Gasteiger partial charge in [-0.1, -0.05) is 52.0 Å². The van der Waals surface area contributed by atoms with E-state index in [1.165, 1.54) is 44.1 Å². The Morgan fingerprint density at radius 1 is 0.931 bits per heavy atom. The van der Waals surface area contributed by atoms with Gasteiger partial charge in [0.25, 0.3) is 5.65 Å². The van der Waals surface area contributed by atoms with Gasteiger partial charge in [-0.05, 0) is 48.6 Å². The summed E-state index contributed by atoms with van der Waals surface area (Å²) in [6, 6.07) is 17.7. The van der Waals surface area contributed by atoms with E-state index in [0.29, 0.717) is 11.8 Å². The molecular weight excluding hydrogens is 354 g/mol. The second-order valence-corrected chi connectivity index (χ2v) is 8.85. The number of imidazole rings is 1. The maximum Gasteiger partial charge on any atom is 0.297 e. The summed E-state index contributed by atoms with van der Waals surface area (Å²) in [6.07, 6.45) is 0. The lowest BCUT2D eigenvalue weighted by atomic mass is 9.96. The Morgan fingerprint density at radius 2 is 1.69 bits per heavy atom. The summed E-state index contributed by atoms with van der Waals surface area (Å²) in [7, 11) is 2.18. The van der Waals surface area contributed by atoms with Crippen LogP contribution in [-0.2, 0) is 7.05 Å². The molecule has 3 aromatic heterocycles. The maximum atomic E-state index is 5.20. The monoisotopic (exact) mass is 382 g/mol. The molecule has 29 heavy (non-hydrogen) atoms. The van der Waals surface area contributed by atoms with Crippen molar-refractivity contribution < 1.29 is 4.57 Å². The standard InChI is InChI=1S/C26H28N3/c1-15(2)18-10-9-11-19-24-23(17(5)14-20(27-24)16(3)4)26-28(6)21-12-7-8-13-22(21)29(26)25(18)19/h7-16H,1-6H3/q+1. The summed E-state index contributed by atoms with van der Waals surface area (Å²) < 4.78 is 4.80. The van der Waals surface area contributed by atoms with Crippen LogP contribution < -0.4 is 4.57 Å². The third-order valence-corrected chi connectivity index (χ3v) is 6.23. The highest BCUT2D eigenvalue weighted by Gasteiger charge is 2.27. The van der Waals surface area contributed by atoms with Crippen molar-refractivity contribution in [1.29, 1.82) is 0 Å². The van der Waals surface area contributed by atoms with Crippen LogP contribution in [0.5, 0.6) is 0 Å². The molecule has 0 saturated heterocycles. The number of aromatic nitrogens is 3. The minimum atomic E-state index is 0.400. The lowest BCUT2D eigenvalue weighted by molar-refractivity contribution is -0.617. The van der Waals surface area contributed by atoms with Gasteiger partial charge in [0.1, 0.15) is 5.52 Å². The van der Waals surface area contributed by atoms with Gasteiger partial charge in [0, 0.05) is 16.6 Å². The normalized spacial score (nSPS) is 12.4. The van der Waals surface area contributed by atoms with Gasteiger partial charge in [-0.25, -0.2) is 4.57 Å². The van der Waals surface area contributed by atoms with E-state index in [1.807, 2.05) is 0 Å². The van der Waals surface area contributed by atoms with E-state index < -0.39 is 0 Å². The van der Waals surface area contributed by atoms with Crippen molar-refractivity contribution in [3.8, 4) is 0 Å². The van der Waals surface area contributed by atoms with Crippen molar-refractivity contribution in [2.45, 2.75) is 46.5 Å². The molecule has 5 aromatic rings. The van der Waals surface area contributed by atoms with E-state index in [4.69, 9.17) is 4.98 Å². The van der Waals surface area contributed by atoms with Crippen LogP contribution in [0.15, 0.2) is 48.5 Å². The Labute approximate surface area is 171 Å². The summed E-state index contributed by atoms with van der Waals surface area (Å²) in [6.45, 7) is 11.2. The van der Waals surface area contributed by atoms with Crippen molar-refractivity contribution in [2.75, 3.05) is 0 Å². The fraction of sp³-hybridized carbons (Fsp3) is 0.308. The van der Waals surface area contributed by atoms with Crippen LogP contribution in [0, 0.1) is 6.92 Å². The minimum absolute atomic E-state index is 0.400. The number of aryl methyl sites for hydroxylation is 2. The molecule has 0 N–H and O–H groups in total. The second kappa shape index (κ2) is 6.28. The number of para-hydroxylation sites is 3. The first-order valence-corrected chi connectivity index (χ1v) is 10.5. The predicted molar refractivity (Wildman–Crippen MR) is 122 cm³/mol. The molecule has 3 heterocycles. The van der Waals surface area contributed by atoms with Gasteiger partial charge in [-0.2, -0.15) is 4.40 Å². The van der Waals surface area contributed by atoms with Crippen molar-refractivity contribution in [3.63, 3.8) is 0 Å². The average molecular weight is 383 g/mol. The SMILES string of the molecule is Cc1cc(C(C)C)nc2c3cccc(C(C)C)c3n3c4ccccc4[n+](C)c3c12. The van der Waals surface area contributed by atoms with Gasteiger partial charge in [0.05, 0.1) is 18.0 Å². The molecule has 0 saturated carbocycles. The summed E-state index contributed by atoms with van der Waals surface area (Å²) in [5.74, 6) is 0.831. The van der Waals surface area contributed by atoms with Crippen LogP contribution in [0.25, 0.3) is 38.5 Å². The van der Waals surface area contributed by atoms with Crippen molar-refractivity contribution >= 4 is 38.5 Å². The van der Waals surface area contributed by atoms with E-state index >= 15 is 0 Å². The Bertz CT molecular complexity index is 1420. The molecule has 5 rings (SSSR count). The number of hydrogen-bond acceptors (Lipinski definition) is 1. The van der Waals surface area contributed by atoms with Crippen molar-refractivity contribution in [2.24, 2.45) is 7.05 Å². The largest absolute Gasteiger partial charge is 0.297 e. The molecule has 0 amide bonds. The number of nitrogens with zero attached hydrogens (tertiary/aromatic N) is 3. The van der Waals surface area contributed by atoms with Crippen molar-refractivity contribution in [3.05, 3.63) is 65.4 Å². The second-order valence-electron chi connectivity index (χ2n) is 8.85. The van der Waals surface area contributed by atoms with Gasteiger partial charge in [-0.3, -0.25) is 4.98 Å². The van der Waals surface area contributed by atoms with Gasteiger partial charge in [-0.15, -0.1) is 0 Å². The molecule has 146 valence electrons. The van der Waals surface area contributed by atoms with Crippen LogP contribution in [0.3, 0.4) is 0 Å². The summed E-state index contributed by atoms with van der Waals surface area (Å²) in [4.78, 5) is 5.20. The molecule has 3 heteroatoms. The van der Waals surface area contributed by atoms with Gasteiger partial charge < -0.3 is 0 Å². The number of fused-ring (bicyclic) bond motifs is 8. The van der Waals surface area contributed by atoms with Crippen LogP contribution in [0.2, 0.25) is 0 Å². The van der Waals surface area contributed by atoms with E-state index in [9.17, 15) is 0 Å². The summed E-state index contributed by atoms with van der Waals surface area (Å²) in [5.41, 5.74) is 9.94. The quantitative estimate of drug-likeness (QED) is 0.264. The summed E-state index contributed by atoms with van der Waals surface area (Å²) >= 11 is 0. The first-order chi connectivity index (χ1) is 13.9. The Kier molecular flexibility index (Phi) is 3.92. The number of hydrogen-bond donors (Lipinski definition) is 0. The lowest BCUT2D eigenvalue weighted by Crippen LogP contribution is -2.27.